The Labute approximate surface area is 124 Å². The van der Waals surface area contributed by atoms with Crippen molar-refractivity contribution >= 4 is 23.2 Å². The molecular formula is C15H21N3O3. The maximum Gasteiger partial charge on any atom is 0.250 e. The van der Waals surface area contributed by atoms with Crippen molar-refractivity contribution < 1.29 is 14.3 Å². The van der Waals surface area contributed by atoms with Crippen LogP contribution in [0.2, 0.25) is 0 Å². The highest BCUT2D eigenvalue weighted by atomic mass is 16.5. The molecule has 1 heterocycles. The molecule has 114 valence electrons. The predicted molar refractivity (Wildman–Crippen MR) is 81.1 cm³/mol. The van der Waals surface area contributed by atoms with Crippen LogP contribution in [0.25, 0.3) is 0 Å². The van der Waals surface area contributed by atoms with Crippen LogP contribution >= 0.6 is 0 Å². The fourth-order valence-corrected chi connectivity index (χ4v) is 2.41. The molecule has 1 aliphatic rings. The van der Waals surface area contributed by atoms with E-state index < -0.39 is 0 Å². The predicted octanol–water partition coefficient (Wildman–Crippen LogP) is 1.21. The molecule has 2 amide bonds. The fraction of sp³-hybridized carbons (Fsp3) is 0.467. The molecule has 1 saturated heterocycles. The Hall–Kier alpha value is -1.92. The van der Waals surface area contributed by atoms with Crippen LogP contribution in [0.5, 0.6) is 0 Å². The summed E-state index contributed by atoms with van der Waals surface area (Å²) in [6.45, 7) is 2.93. The average Bonchev–Trinajstić information content (AvgIpc) is 2.85. The molecule has 1 aromatic rings. The van der Waals surface area contributed by atoms with Crippen molar-refractivity contribution in [1.29, 1.82) is 0 Å². The molecule has 6 heteroatoms. The number of methoxy groups -OCH3 is 1. The van der Waals surface area contributed by atoms with Crippen LogP contribution in [0.3, 0.4) is 0 Å². The third kappa shape index (κ3) is 4.27. The number of carbonyl (C=O) groups is 2. The summed E-state index contributed by atoms with van der Waals surface area (Å²) in [4.78, 5) is 23.6. The van der Waals surface area contributed by atoms with Gasteiger partial charge in [-0.2, -0.15) is 0 Å². The maximum atomic E-state index is 12.2. The van der Waals surface area contributed by atoms with Gasteiger partial charge in [-0.1, -0.05) is 13.0 Å². The summed E-state index contributed by atoms with van der Waals surface area (Å²) in [5.41, 5.74) is 1.29. The molecule has 1 aromatic carbocycles. The molecule has 0 aromatic heterocycles. The quantitative estimate of drug-likeness (QED) is 0.762. The Morgan fingerprint density at radius 1 is 1.33 bits per heavy atom. The van der Waals surface area contributed by atoms with Gasteiger partial charge in [-0.05, 0) is 37.1 Å². The van der Waals surface area contributed by atoms with Crippen molar-refractivity contribution in [3.63, 3.8) is 0 Å². The molecule has 0 spiro atoms. The van der Waals surface area contributed by atoms with Crippen LogP contribution < -0.4 is 16.0 Å². The van der Waals surface area contributed by atoms with Gasteiger partial charge in [0.2, 0.25) is 11.8 Å². The van der Waals surface area contributed by atoms with Gasteiger partial charge in [-0.25, -0.2) is 0 Å². The number of carbonyl (C=O) groups excluding carboxylic acids is 2. The van der Waals surface area contributed by atoms with Crippen LogP contribution in [0.4, 0.5) is 11.4 Å². The van der Waals surface area contributed by atoms with Crippen LogP contribution in [-0.4, -0.2) is 38.1 Å². The highest BCUT2D eigenvalue weighted by molar-refractivity contribution is 5.97. The zero-order valence-corrected chi connectivity index (χ0v) is 12.3. The van der Waals surface area contributed by atoms with Gasteiger partial charge in [-0.3, -0.25) is 9.59 Å². The largest absolute Gasteiger partial charge is 0.375 e. The highest BCUT2D eigenvalue weighted by Gasteiger charge is 2.29. The number of nitrogens with one attached hydrogen (secondary N) is 3. The smallest absolute Gasteiger partial charge is 0.250 e. The van der Waals surface area contributed by atoms with Gasteiger partial charge < -0.3 is 20.7 Å². The highest BCUT2D eigenvalue weighted by Crippen LogP contribution is 2.19. The lowest BCUT2D eigenvalue weighted by atomic mass is 10.0. The Morgan fingerprint density at radius 2 is 2.05 bits per heavy atom. The lowest BCUT2D eigenvalue weighted by Crippen LogP contribution is -2.39. The van der Waals surface area contributed by atoms with Crippen molar-refractivity contribution in [2.24, 2.45) is 5.92 Å². The monoisotopic (exact) mass is 291 g/mol. The number of ether oxygens (including phenoxy) is 1. The Bertz CT molecular complexity index is 519. The fourth-order valence-electron chi connectivity index (χ4n) is 2.41. The minimum Gasteiger partial charge on any atom is -0.375 e. The van der Waals surface area contributed by atoms with E-state index in [2.05, 4.69) is 22.9 Å². The zero-order valence-electron chi connectivity index (χ0n) is 12.3. The molecule has 1 fully saturated rings. The first-order valence-corrected chi connectivity index (χ1v) is 7.03. The van der Waals surface area contributed by atoms with Gasteiger partial charge in [0.1, 0.15) is 6.61 Å². The van der Waals surface area contributed by atoms with Crippen LogP contribution in [-0.2, 0) is 14.3 Å². The molecule has 1 aliphatic heterocycles. The van der Waals surface area contributed by atoms with E-state index in [9.17, 15) is 9.59 Å². The minimum atomic E-state index is -0.230. The van der Waals surface area contributed by atoms with E-state index in [1.807, 2.05) is 0 Å². The summed E-state index contributed by atoms with van der Waals surface area (Å²) >= 11 is 0. The summed E-state index contributed by atoms with van der Waals surface area (Å²) < 4.78 is 4.76. The number of amides is 2. The lowest BCUT2D eigenvalue weighted by Gasteiger charge is -2.16. The number of benzene rings is 1. The standard InChI is InChI=1S/C15H21N3O3/c1-10-6-7-16-14(10)15(20)18-12-5-3-4-11(8-12)17-13(19)9-21-2/h3-5,8,10,14,16H,6-7,9H2,1-2H3,(H,17,19)(H,18,20). The van der Waals surface area contributed by atoms with Crippen LogP contribution in [0, 0.1) is 5.92 Å². The topological polar surface area (TPSA) is 79.5 Å². The molecule has 0 bridgehead atoms. The minimum absolute atomic E-state index is 0.0000948. The Kier molecular flexibility index (Phi) is 5.30. The van der Waals surface area contributed by atoms with Crippen LogP contribution in [0.1, 0.15) is 13.3 Å². The first-order chi connectivity index (χ1) is 10.1. The van der Waals surface area contributed by atoms with Gasteiger partial charge in [0, 0.05) is 18.5 Å². The maximum absolute atomic E-state index is 12.2. The second-order valence-corrected chi connectivity index (χ2v) is 5.25. The van der Waals surface area contributed by atoms with E-state index >= 15 is 0 Å². The number of rotatable bonds is 5. The number of anilines is 2. The molecule has 0 aliphatic carbocycles. The molecule has 2 rings (SSSR count). The van der Waals surface area contributed by atoms with Gasteiger partial charge in [0.15, 0.2) is 0 Å². The van der Waals surface area contributed by atoms with Crippen molar-refractivity contribution in [3.05, 3.63) is 24.3 Å². The molecule has 0 saturated carbocycles. The van der Waals surface area contributed by atoms with E-state index in [-0.39, 0.29) is 24.5 Å². The molecule has 21 heavy (non-hydrogen) atoms. The Balaban J connectivity index is 1.97. The summed E-state index contributed by atoms with van der Waals surface area (Å²) in [7, 11) is 1.46. The van der Waals surface area contributed by atoms with Gasteiger partial charge in [0.05, 0.1) is 6.04 Å². The van der Waals surface area contributed by atoms with Gasteiger partial charge >= 0.3 is 0 Å². The first-order valence-electron chi connectivity index (χ1n) is 7.03. The third-order valence-corrected chi connectivity index (χ3v) is 3.50. The summed E-state index contributed by atoms with van der Waals surface area (Å²) in [6.07, 6.45) is 1.01. The molecule has 0 radical (unpaired) electrons. The Morgan fingerprint density at radius 3 is 2.67 bits per heavy atom. The number of hydrogen-bond donors (Lipinski definition) is 3. The normalized spacial score (nSPS) is 21.0. The molecular weight excluding hydrogens is 270 g/mol. The molecule has 6 nitrogen and oxygen atoms in total. The van der Waals surface area contributed by atoms with Crippen molar-refractivity contribution in [2.45, 2.75) is 19.4 Å². The van der Waals surface area contributed by atoms with Crippen molar-refractivity contribution in [2.75, 3.05) is 30.9 Å². The van der Waals surface area contributed by atoms with E-state index in [0.29, 0.717) is 17.3 Å². The molecule has 3 N–H and O–H groups in total. The van der Waals surface area contributed by atoms with E-state index in [1.165, 1.54) is 7.11 Å². The van der Waals surface area contributed by atoms with Gasteiger partial charge in [0.25, 0.3) is 0 Å². The second-order valence-electron chi connectivity index (χ2n) is 5.25. The number of hydrogen-bond acceptors (Lipinski definition) is 4. The van der Waals surface area contributed by atoms with Crippen molar-refractivity contribution in [1.82, 2.24) is 5.32 Å². The summed E-state index contributed by atoms with van der Waals surface area (Å²) in [5.74, 6) is 0.0574. The first kappa shape index (κ1) is 15.5. The summed E-state index contributed by atoms with van der Waals surface area (Å²) in [6, 6.07) is 6.91. The lowest BCUT2D eigenvalue weighted by molar-refractivity contribution is -0.120. The SMILES string of the molecule is COCC(=O)Nc1cccc(NC(=O)C2NCCC2C)c1. The third-order valence-electron chi connectivity index (χ3n) is 3.50. The average molecular weight is 291 g/mol. The molecule has 2 unspecified atom stereocenters. The van der Waals surface area contributed by atoms with E-state index in [4.69, 9.17) is 4.74 Å². The van der Waals surface area contributed by atoms with E-state index in [1.54, 1.807) is 24.3 Å². The zero-order chi connectivity index (χ0) is 15.2. The van der Waals surface area contributed by atoms with Crippen LogP contribution in [0.15, 0.2) is 24.3 Å². The van der Waals surface area contributed by atoms with E-state index in [0.717, 1.165) is 13.0 Å². The van der Waals surface area contributed by atoms with Crippen molar-refractivity contribution in [3.8, 4) is 0 Å². The second kappa shape index (κ2) is 7.19. The summed E-state index contributed by atoms with van der Waals surface area (Å²) in [5, 5.41) is 8.77. The molecule has 2 atom stereocenters. The van der Waals surface area contributed by atoms with Gasteiger partial charge in [-0.15, -0.1) is 0 Å².